The number of thioether (sulfide) groups is 1. The number of carbonyl (C=O) groups is 1. The van der Waals surface area contributed by atoms with Crippen molar-refractivity contribution in [2.75, 3.05) is 18.1 Å². The van der Waals surface area contributed by atoms with Gasteiger partial charge in [-0.15, -0.1) is 0 Å². The van der Waals surface area contributed by atoms with Gasteiger partial charge >= 0.3 is 5.97 Å². The van der Waals surface area contributed by atoms with Gasteiger partial charge in [0, 0.05) is 5.75 Å². The third-order valence-corrected chi connectivity index (χ3v) is 5.47. The largest absolute Gasteiger partial charge is 0.466 e. The zero-order valence-electron chi connectivity index (χ0n) is 16.5. The SMILES string of the molecule is CCCCCCCCCCCCCCCCSCCC(=O)OCC. The Morgan fingerprint density at radius 3 is 1.58 bits per heavy atom. The Balaban J connectivity index is 3.01. The maximum atomic E-state index is 11.2. The molecular weight excluding hydrogens is 316 g/mol. The molecule has 0 saturated carbocycles. The van der Waals surface area contributed by atoms with Crippen LogP contribution in [0.2, 0.25) is 0 Å². The van der Waals surface area contributed by atoms with Crippen LogP contribution in [0.5, 0.6) is 0 Å². The topological polar surface area (TPSA) is 26.3 Å². The van der Waals surface area contributed by atoms with Crippen LogP contribution in [0.3, 0.4) is 0 Å². The van der Waals surface area contributed by atoms with E-state index in [9.17, 15) is 4.79 Å². The number of unbranched alkanes of at least 4 members (excludes halogenated alkanes) is 13. The van der Waals surface area contributed by atoms with Crippen molar-refractivity contribution >= 4 is 17.7 Å². The van der Waals surface area contributed by atoms with E-state index < -0.39 is 0 Å². The summed E-state index contributed by atoms with van der Waals surface area (Å²) in [7, 11) is 0. The fourth-order valence-electron chi connectivity index (χ4n) is 2.89. The van der Waals surface area contributed by atoms with E-state index in [1.54, 1.807) is 0 Å². The van der Waals surface area contributed by atoms with Gasteiger partial charge in [-0.2, -0.15) is 11.8 Å². The fraction of sp³-hybridized carbons (Fsp3) is 0.952. The van der Waals surface area contributed by atoms with Crippen molar-refractivity contribution in [1.82, 2.24) is 0 Å². The minimum absolute atomic E-state index is 0.0500. The maximum Gasteiger partial charge on any atom is 0.306 e. The highest BCUT2D eigenvalue weighted by Gasteiger charge is 2.00. The zero-order chi connectivity index (χ0) is 17.7. The van der Waals surface area contributed by atoms with Crippen LogP contribution in [0.1, 0.15) is 110 Å². The number of rotatable bonds is 19. The molecule has 144 valence electrons. The van der Waals surface area contributed by atoms with Gasteiger partial charge in [0.1, 0.15) is 0 Å². The summed E-state index contributed by atoms with van der Waals surface area (Å²) in [5, 5.41) is 0. The van der Waals surface area contributed by atoms with Gasteiger partial charge in [-0.3, -0.25) is 4.79 Å². The summed E-state index contributed by atoms with van der Waals surface area (Å²) in [4.78, 5) is 11.2. The number of esters is 1. The molecule has 0 amide bonds. The first-order chi connectivity index (χ1) is 11.8. The van der Waals surface area contributed by atoms with Gasteiger partial charge in [0.2, 0.25) is 0 Å². The summed E-state index contributed by atoms with van der Waals surface area (Å²) in [5.41, 5.74) is 0. The Bertz CT molecular complexity index is 256. The van der Waals surface area contributed by atoms with Crippen molar-refractivity contribution in [3.63, 3.8) is 0 Å². The molecule has 0 rings (SSSR count). The van der Waals surface area contributed by atoms with E-state index in [2.05, 4.69) is 6.92 Å². The van der Waals surface area contributed by atoms with Gasteiger partial charge in [0.25, 0.3) is 0 Å². The van der Waals surface area contributed by atoms with E-state index in [4.69, 9.17) is 4.74 Å². The predicted octanol–water partition coefficient (Wildman–Crippen LogP) is 7.15. The quantitative estimate of drug-likeness (QED) is 0.181. The zero-order valence-corrected chi connectivity index (χ0v) is 17.3. The summed E-state index contributed by atoms with van der Waals surface area (Å²) in [6.07, 6.45) is 20.3. The molecule has 0 atom stereocenters. The molecule has 0 aromatic carbocycles. The molecule has 0 heterocycles. The first kappa shape index (κ1) is 23.8. The standard InChI is InChI=1S/C21H42O2S/c1-3-5-6-7-8-9-10-11-12-13-14-15-16-17-19-24-20-18-21(22)23-4-2/h3-20H2,1-2H3. The second-order valence-electron chi connectivity index (χ2n) is 6.76. The average Bonchev–Trinajstić information content (AvgIpc) is 2.58. The van der Waals surface area contributed by atoms with Gasteiger partial charge in [-0.25, -0.2) is 0 Å². The molecule has 0 aliphatic rings. The van der Waals surface area contributed by atoms with E-state index in [1.807, 2.05) is 18.7 Å². The van der Waals surface area contributed by atoms with Crippen LogP contribution in [0.4, 0.5) is 0 Å². The number of carbonyl (C=O) groups excluding carboxylic acids is 1. The third kappa shape index (κ3) is 19.9. The van der Waals surface area contributed by atoms with Crippen LogP contribution in [0.15, 0.2) is 0 Å². The van der Waals surface area contributed by atoms with E-state index in [1.165, 1.54) is 95.6 Å². The Morgan fingerprint density at radius 1 is 0.667 bits per heavy atom. The van der Waals surface area contributed by atoms with Gasteiger partial charge in [0.05, 0.1) is 13.0 Å². The highest BCUT2D eigenvalue weighted by molar-refractivity contribution is 7.99. The Hall–Kier alpha value is -0.180. The third-order valence-electron chi connectivity index (χ3n) is 4.40. The molecule has 0 saturated heterocycles. The Labute approximate surface area is 155 Å². The molecule has 2 nitrogen and oxygen atoms in total. The molecule has 0 radical (unpaired) electrons. The number of ether oxygens (including phenoxy) is 1. The van der Waals surface area contributed by atoms with Crippen LogP contribution >= 0.6 is 11.8 Å². The molecule has 0 aromatic rings. The van der Waals surface area contributed by atoms with Crippen molar-refractivity contribution < 1.29 is 9.53 Å². The average molecular weight is 359 g/mol. The smallest absolute Gasteiger partial charge is 0.306 e. The molecule has 0 fully saturated rings. The summed E-state index contributed by atoms with van der Waals surface area (Å²) >= 11 is 1.89. The monoisotopic (exact) mass is 358 g/mol. The van der Waals surface area contributed by atoms with Crippen LogP contribution in [-0.2, 0) is 9.53 Å². The normalized spacial score (nSPS) is 10.9. The highest BCUT2D eigenvalue weighted by atomic mass is 32.2. The predicted molar refractivity (Wildman–Crippen MR) is 109 cm³/mol. The van der Waals surface area contributed by atoms with Crippen LogP contribution in [0, 0.1) is 0 Å². The minimum Gasteiger partial charge on any atom is -0.466 e. The molecule has 3 heteroatoms. The van der Waals surface area contributed by atoms with E-state index in [0.717, 1.165) is 5.75 Å². The van der Waals surface area contributed by atoms with Crippen LogP contribution < -0.4 is 0 Å². The van der Waals surface area contributed by atoms with Crippen LogP contribution in [-0.4, -0.2) is 24.1 Å². The molecule has 24 heavy (non-hydrogen) atoms. The maximum absolute atomic E-state index is 11.2. The molecule has 0 N–H and O–H groups in total. The van der Waals surface area contributed by atoms with Crippen molar-refractivity contribution in [1.29, 1.82) is 0 Å². The molecule has 0 spiro atoms. The molecule has 0 unspecified atom stereocenters. The second-order valence-corrected chi connectivity index (χ2v) is 7.99. The minimum atomic E-state index is -0.0500. The molecule has 0 bridgehead atoms. The van der Waals surface area contributed by atoms with E-state index in [-0.39, 0.29) is 5.97 Å². The fourth-order valence-corrected chi connectivity index (χ4v) is 3.81. The summed E-state index contributed by atoms with van der Waals surface area (Å²) in [6, 6.07) is 0. The number of hydrogen-bond donors (Lipinski definition) is 0. The van der Waals surface area contributed by atoms with Gasteiger partial charge < -0.3 is 4.74 Å². The molecule has 0 aliphatic heterocycles. The lowest BCUT2D eigenvalue weighted by Crippen LogP contribution is -2.04. The van der Waals surface area contributed by atoms with Gasteiger partial charge in [-0.05, 0) is 19.1 Å². The van der Waals surface area contributed by atoms with E-state index >= 15 is 0 Å². The second kappa shape index (κ2) is 20.9. The van der Waals surface area contributed by atoms with E-state index in [0.29, 0.717) is 13.0 Å². The first-order valence-corrected chi connectivity index (χ1v) is 11.7. The van der Waals surface area contributed by atoms with Crippen LogP contribution in [0.25, 0.3) is 0 Å². The molecule has 0 aromatic heterocycles. The van der Waals surface area contributed by atoms with Crippen molar-refractivity contribution in [2.45, 2.75) is 110 Å². The van der Waals surface area contributed by atoms with Crippen molar-refractivity contribution in [3.05, 3.63) is 0 Å². The highest BCUT2D eigenvalue weighted by Crippen LogP contribution is 2.14. The lowest BCUT2D eigenvalue weighted by Gasteiger charge is -2.04. The summed E-state index contributed by atoms with van der Waals surface area (Å²) in [6.45, 7) is 4.65. The van der Waals surface area contributed by atoms with Gasteiger partial charge in [-0.1, -0.05) is 90.4 Å². The number of hydrogen-bond acceptors (Lipinski definition) is 3. The molecule has 0 aliphatic carbocycles. The summed E-state index contributed by atoms with van der Waals surface area (Å²) < 4.78 is 4.92. The summed E-state index contributed by atoms with van der Waals surface area (Å²) in [5.74, 6) is 2.06. The van der Waals surface area contributed by atoms with Crippen molar-refractivity contribution in [2.24, 2.45) is 0 Å². The lowest BCUT2D eigenvalue weighted by molar-refractivity contribution is -0.142. The lowest BCUT2D eigenvalue weighted by atomic mass is 10.0. The Kier molecular flexibility index (Phi) is 20.7. The Morgan fingerprint density at radius 2 is 1.12 bits per heavy atom. The van der Waals surface area contributed by atoms with Crippen molar-refractivity contribution in [3.8, 4) is 0 Å². The van der Waals surface area contributed by atoms with Gasteiger partial charge in [0.15, 0.2) is 0 Å². The molecular formula is C21H42O2S. The first-order valence-electron chi connectivity index (χ1n) is 10.5.